The third-order valence-corrected chi connectivity index (χ3v) is 5.03. The molecule has 2 aliphatic rings. The van der Waals surface area contributed by atoms with Crippen molar-refractivity contribution in [3.8, 4) is 0 Å². The Morgan fingerprint density at radius 3 is 2.20 bits per heavy atom. The molecule has 7 nitrogen and oxygen atoms in total. The molecule has 2 fully saturated rings. The zero-order valence-electron chi connectivity index (χ0n) is 14.1. The standard InChI is InChI=1S/C18H21N3O4/c1-11(22)12-2-4-14(5-3-12)21-16(23)10-15(18(21)25)20-8-6-13(7-9-20)17(19)24/h2-5,13,15H,6-10H2,1H3,(H2,19,24). The molecule has 2 aliphatic heterocycles. The van der Waals surface area contributed by atoms with Gasteiger partial charge in [0.15, 0.2) is 5.78 Å². The predicted molar refractivity (Wildman–Crippen MR) is 90.8 cm³/mol. The predicted octanol–water partition coefficient (Wildman–Crippen LogP) is 0.718. The Labute approximate surface area is 145 Å². The van der Waals surface area contributed by atoms with Crippen LogP contribution in [0.25, 0.3) is 0 Å². The average molecular weight is 343 g/mol. The van der Waals surface area contributed by atoms with E-state index in [4.69, 9.17) is 5.73 Å². The Kier molecular flexibility index (Phi) is 4.67. The average Bonchev–Trinajstić information content (AvgIpc) is 2.89. The minimum absolute atomic E-state index is 0.0687. The number of piperidine rings is 1. The number of likely N-dealkylation sites (tertiary alicyclic amines) is 1. The van der Waals surface area contributed by atoms with Crippen molar-refractivity contribution in [3.63, 3.8) is 0 Å². The molecule has 0 aliphatic carbocycles. The number of anilines is 1. The van der Waals surface area contributed by atoms with E-state index < -0.39 is 6.04 Å². The molecule has 0 saturated carbocycles. The third-order valence-electron chi connectivity index (χ3n) is 5.03. The van der Waals surface area contributed by atoms with E-state index >= 15 is 0 Å². The second-order valence-electron chi connectivity index (χ2n) is 6.60. The summed E-state index contributed by atoms with van der Waals surface area (Å²) in [6.45, 7) is 2.62. The molecule has 2 saturated heterocycles. The highest BCUT2D eigenvalue weighted by atomic mass is 16.2. The lowest BCUT2D eigenvalue weighted by Crippen LogP contribution is -2.47. The van der Waals surface area contributed by atoms with Crippen LogP contribution in [0.3, 0.4) is 0 Å². The quantitative estimate of drug-likeness (QED) is 0.641. The molecule has 3 rings (SSSR count). The molecule has 2 heterocycles. The van der Waals surface area contributed by atoms with Crippen LogP contribution in [0, 0.1) is 5.92 Å². The number of nitrogens with two attached hydrogens (primary N) is 1. The number of nitrogens with zero attached hydrogens (tertiary/aromatic N) is 2. The van der Waals surface area contributed by atoms with E-state index in [2.05, 4.69) is 0 Å². The van der Waals surface area contributed by atoms with Crippen LogP contribution in [-0.2, 0) is 14.4 Å². The van der Waals surface area contributed by atoms with Crippen molar-refractivity contribution in [2.24, 2.45) is 11.7 Å². The molecule has 2 N–H and O–H groups in total. The van der Waals surface area contributed by atoms with Gasteiger partial charge in [-0.1, -0.05) is 0 Å². The van der Waals surface area contributed by atoms with Crippen LogP contribution < -0.4 is 10.6 Å². The maximum atomic E-state index is 12.8. The largest absolute Gasteiger partial charge is 0.369 e. The molecule has 7 heteroatoms. The summed E-state index contributed by atoms with van der Waals surface area (Å²) >= 11 is 0. The molecular formula is C18H21N3O4. The van der Waals surface area contributed by atoms with Gasteiger partial charge in [-0.15, -0.1) is 0 Å². The topological polar surface area (TPSA) is 101 Å². The zero-order valence-corrected chi connectivity index (χ0v) is 14.1. The first-order valence-corrected chi connectivity index (χ1v) is 8.39. The van der Waals surface area contributed by atoms with E-state index in [0.717, 1.165) is 0 Å². The van der Waals surface area contributed by atoms with Crippen molar-refractivity contribution < 1.29 is 19.2 Å². The molecule has 1 aromatic carbocycles. The van der Waals surface area contributed by atoms with Gasteiger partial charge >= 0.3 is 0 Å². The minimum atomic E-state index is -0.492. The monoisotopic (exact) mass is 343 g/mol. The molecule has 3 amide bonds. The Morgan fingerprint density at radius 1 is 1.08 bits per heavy atom. The van der Waals surface area contributed by atoms with Gasteiger partial charge < -0.3 is 5.73 Å². The van der Waals surface area contributed by atoms with Crippen molar-refractivity contribution in [1.29, 1.82) is 0 Å². The number of hydrogen-bond acceptors (Lipinski definition) is 5. The normalized spacial score (nSPS) is 22.4. The van der Waals surface area contributed by atoms with Crippen LogP contribution in [0.15, 0.2) is 24.3 Å². The molecule has 25 heavy (non-hydrogen) atoms. The Hall–Kier alpha value is -2.54. The lowest BCUT2D eigenvalue weighted by Gasteiger charge is -2.33. The highest BCUT2D eigenvalue weighted by Gasteiger charge is 2.43. The van der Waals surface area contributed by atoms with Crippen LogP contribution in [0.4, 0.5) is 5.69 Å². The van der Waals surface area contributed by atoms with Crippen LogP contribution in [0.2, 0.25) is 0 Å². The Morgan fingerprint density at radius 2 is 1.68 bits per heavy atom. The summed E-state index contributed by atoms with van der Waals surface area (Å²) < 4.78 is 0. The van der Waals surface area contributed by atoms with Crippen molar-refractivity contribution in [1.82, 2.24) is 4.90 Å². The van der Waals surface area contributed by atoms with Crippen molar-refractivity contribution in [2.45, 2.75) is 32.2 Å². The van der Waals surface area contributed by atoms with Gasteiger partial charge in [0.2, 0.25) is 11.8 Å². The summed E-state index contributed by atoms with van der Waals surface area (Å²) in [6, 6.07) is 5.98. The SMILES string of the molecule is CC(=O)c1ccc(N2C(=O)CC(N3CCC(C(N)=O)CC3)C2=O)cc1. The number of hydrogen-bond donors (Lipinski definition) is 1. The molecule has 1 atom stereocenters. The van der Waals surface area contributed by atoms with E-state index in [1.807, 2.05) is 4.90 Å². The molecular weight excluding hydrogens is 322 g/mol. The Balaban J connectivity index is 1.72. The number of Topliss-reactive ketones (excluding diaryl/α,β-unsaturated/α-hetero) is 1. The zero-order chi connectivity index (χ0) is 18.1. The number of rotatable bonds is 4. The van der Waals surface area contributed by atoms with E-state index in [1.165, 1.54) is 11.8 Å². The summed E-state index contributed by atoms with van der Waals surface area (Å²) in [4.78, 5) is 50.9. The van der Waals surface area contributed by atoms with Crippen LogP contribution in [-0.4, -0.2) is 47.5 Å². The summed E-state index contributed by atoms with van der Waals surface area (Å²) in [7, 11) is 0. The fourth-order valence-corrected chi connectivity index (χ4v) is 3.51. The van der Waals surface area contributed by atoms with Crippen LogP contribution in [0.1, 0.15) is 36.5 Å². The summed E-state index contributed by atoms with van der Waals surface area (Å²) in [5.41, 5.74) is 6.35. The van der Waals surface area contributed by atoms with Gasteiger partial charge in [-0.3, -0.25) is 24.1 Å². The lowest BCUT2D eigenvalue weighted by molar-refractivity contribution is -0.124. The molecule has 0 aromatic heterocycles. The van der Waals surface area contributed by atoms with E-state index in [0.29, 0.717) is 37.2 Å². The minimum Gasteiger partial charge on any atom is -0.369 e. The second-order valence-corrected chi connectivity index (χ2v) is 6.60. The fourth-order valence-electron chi connectivity index (χ4n) is 3.51. The maximum absolute atomic E-state index is 12.8. The number of ketones is 1. The van der Waals surface area contributed by atoms with Crippen LogP contribution >= 0.6 is 0 Å². The highest BCUT2D eigenvalue weighted by molar-refractivity contribution is 6.22. The number of benzene rings is 1. The molecule has 0 radical (unpaired) electrons. The van der Waals surface area contributed by atoms with Gasteiger partial charge in [0, 0.05) is 11.5 Å². The van der Waals surface area contributed by atoms with Crippen molar-refractivity contribution >= 4 is 29.2 Å². The number of imide groups is 1. The summed E-state index contributed by atoms with van der Waals surface area (Å²) in [5.74, 6) is -1.03. The van der Waals surface area contributed by atoms with Crippen molar-refractivity contribution in [2.75, 3.05) is 18.0 Å². The molecule has 1 unspecified atom stereocenters. The third kappa shape index (κ3) is 3.32. The van der Waals surface area contributed by atoms with Gasteiger partial charge in [-0.05, 0) is 57.1 Å². The Bertz CT molecular complexity index is 720. The first-order chi connectivity index (χ1) is 11.9. The summed E-state index contributed by atoms with van der Waals surface area (Å²) in [5, 5.41) is 0. The van der Waals surface area contributed by atoms with Crippen molar-refractivity contribution in [3.05, 3.63) is 29.8 Å². The second kappa shape index (κ2) is 6.76. The smallest absolute Gasteiger partial charge is 0.251 e. The lowest BCUT2D eigenvalue weighted by atomic mass is 9.95. The van der Waals surface area contributed by atoms with Crippen LogP contribution in [0.5, 0.6) is 0 Å². The molecule has 0 bridgehead atoms. The molecule has 132 valence electrons. The van der Waals surface area contributed by atoms with E-state index in [9.17, 15) is 19.2 Å². The van der Waals surface area contributed by atoms with Gasteiger partial charge in [-0.2, -0.15) is 0 Å². The van der Waals surface area contributed by atoms with Gasteiger partial charge in [-0.25, -0.2) is 4.90 Å². The van der Waals surface area contributed by atoms with E-state index in [1.54, 1.807) is 24.3 Å². The molecule has 1 aromatic rings. The number of carbonyl (C=O) groups is 4. The molecule has 0 spiro atoms. The van der Waals surface area contributed by atoms with Gasteiger partial charge in [0.25, 0.3) is 5.91 Å². The highest BCUT2D eigenvalue weighted by Crippen LogP contribution is 2.28. The number of amides is 3. The number of primary amides is 1. The first-order valence-electron chi connectivity index (χ1n) is 8.39. The van der Waals surface area contributed by atoms with E-state index in [-0.39, 0.29) is 35.8 Å². The summed E-state index contributed by atoms with van der Waals surface area (Å²) in [6.07, 6.45) is 1.36. The van der Waals surface area contributed by atoms with Gasteiger partial charge in [0.1, 0.15) is 0 Å². The first kappa shape index (κ1) is 17.3. The fraction of sp³-hybridized carbons (Fsp3) is 0.444. The van der Waals surface area contributed by atoms with Gasteiger partial charge in [0.05, 0.1) is 18.2 Å². The maximum Gasteiger partial charge on any atom is 0.251 e. The number of carbonyl (C=O) groups excluding carboxylic acids is 4.